The molecule has 0 aromatic carbocycles. The van der Waals surface area contributed by atoms with Gasteiger partial charge >= 0.3 is 0 Å². The minimum atomic E-state index is 0. The van der Waals surface area contributed by atoms with Crippen LogP contribution < -0.4 is 10.6 Å². The summed E-state index contributed by atoms with van der Waals surface area (Å²) < 4.78 is 10.5. The summed E-state index contributed by atoms with van der Waals surface area (Å²) in [6.45, 7) is 6.34. The van der Waals surface area contributed by atoms with Crippen molar-refractivity contribution in [1.82, 2.24) is 15.5 Å². The molecule has 0 unspecified atom stereocenters. The Morgan fingerprint density at radius 3 is 2.46 bits per heavy atom. The van der Waals surface area contributed by atoms with Gasteiger partial charge in [0.05, 0.1) is 13.2 Å². The monoisotopic (exact) mass is 385 g/mol. The summed E-state index contributed by atoms with van der Waals surface area (Å²) in [6, 6.07) is 0. The van der Waals surface area contributed by atoms with Crippen LogP contribution in [0.5, 0.6) is 0 Å². The molecule has 1 amide bonds. The number of carbonyl (C=O) groups excluding carboxylic acids is 1. The second-order valence-corrected chi connectivity index (χ2v) is 6.33. The molecule has 24 heavy (non-hydrogen) atoms. The smallest absolute Gasteiger partial charge is 0.234 e. The quantitative estimate of drug-likeness (QED) is 0.615. The summed E-state index contributed by atoms with van der Waals surface area (Å²) in [5, 5.41) is 6.22. The van der Waals surface area contributed by atoms with Gasteiger partial charge in [-0.3, -0.25) is 9.69 Å². The standard InChI is InChI=1S/C16H31N3O3.2ClH/c1-21-12-7-17-13-15(20)18-14-16(5-10-22-11-6-16)19-8-3-2-4-9-19;;/h17H,2-14H2,1H3,(H,18,20);2*1H. The van der Waals surface area contributed by atoms with Crippen molar-refractivity contribution in [1.29, 1.82) is 0 Å². The fraction of sp³-hybridized carbons (Fsp3) is 0.938. The molecular weight excluding hydrogens is 353 g/mol. The lowest BCUT2D eigenvalue weighted by molar-refractivity contribution is -0.121. The Morgan fingerprint density at radius 1 is 1.17 bits per heavy atom. The van der Waals surface area contributed by atoms with Crippen LogP contribution in [-0.4, -0.2) is 76.0 Å². The molecule has 2 saturated heterocycles. The first kappa shape index (κ1) is 23.9. The zero-order valence-electron chi connectivity index (χ0n) is 14.7. The number of rotatable bonds is 8. The number of hydrogen-bond acceptors (Lipinski definition) is 5. The zero-order valence-corrected chi connectivity index (χ0v) is 16.3. The van der Waals surface area contributed by atoms with Crippen molar-refractivity contribution in [3.05, 3.63) is 0 Å². The number of ether oxygens (including phenoxy) is 2. The summed E-state index contributed by atoms with van der Waals surface area (Å²) in [5.74, 6) is 0.0685. The predicted octanol–water partition coefficient (Wildman–Crippen LogP) is 1.22. The van der Waals surface area contributed by atoms with Crippen LogP contribution in [0.1, 0.15) is 32.1 Å². The van der Waals surface area contributed by atoms with Gasteiger partial charge in [0, 0.05) is 39.0 Å². The van der Waals surface area contributed by atoms with Gasteiger partial charge in [0.25, 0.3) is 0 Å². The minimum Gasteiger partial charge on any atom is -0.383 e. The molecule has 2 aliphatic rings. The molecule has 0 atom stereocenters. The van der Waals surface area contributed by atoms with E-state index in [0.717, 1.165) is 45.7 Å². The molecule has 8 heteroatoms. The van der Waals surface area contributed by atoms with Crippen molar-refractivity contribution < 1.29 is 14.3 Å². The fourth-order valence-corrected chi connectivity index (χ4v) is 3.43. The molecule has 2 heterocycles. The molecule has 2 N–H and O–H groups in total. The summed E-state index contributed by atoms with van der Waals surface area (Å²) in [4.78, 5) is 14.6. The van der Waals surface area contributed by atoms with Gasteiger partial charge in [-0.05, 0) is 38.8 Å². The van der Waals surface area contributed by atoms with E-state index in [1.807, 2.05) is 0 Å². The van der Waals surface area contributed by atoms with Crippen molar-refractivity contribution in [3.63, 3.8) is 0 Å². The van der Waals surface area contributed by atoms with Gasteiger partial charge in [-0.2, -0.15) is 0 Å². The van der Waals surface area contributed by atoms with Gasteiger partial charge in [-0.25, -0.2) is 0 Å². The third-order valence-corrected chi connectivity index (χ3v) is 4.83. The molecule has 0 aromatic heterocycles. The number of carbonyl (C=O) groups is 1. The Kier molecular flexibility index (Phi) is 13.1. The molecule has 2 rings (SSSR count). The second-order valence-electron chi connectivity index (χ2n) is 6.33. The lowest BCUT2D eigenvalue weighted by atomic mass is 9.86. The molecule has 0 bridgehead atoms. The molecule has 2 fully saturated rings. The van der Waals surface area contributed by atoms with Crippen molar-refractivity contribution in [2.75, 3.05) is 59.7 Å². The third kappa shape index (κ3) is 7.42. The largest absolute Gasteiger partial charge is 0.383 e. The highest BCUT2D eigenvalue weighted by Crippen LogP contribution is 2.30. The number of nitrogens with one attached hydrogen (secondary N) is 2. The molecule has 0 radical (unpaired) electrons. The fourth-order valence-electron chi connectivity index (χ4n) is 3.43. The van der Waals surface area contributed by atoms with E-state index in [1.54, 1.807) is 7.11 Å². The van der Waals surface area contributed by atoms with Crippen molar-refractivity contribution in [2.45, 2.75) is 37.6 Å². The van der Waals surface area contributed by atoms with Crippen LogP contribution in [0, 0.1) is 0 Å². The molecule has 0 spiro atoms. The van der Waals surface area contributed by atoms with Crippen LogP contribution in [0.4, 0.5) is 0 Å². The maximum absolute atomic E-state index is 12.0. The second kappa shape index (κ2) is 13.1. The van der Waals surface area contributed by atoms with Gasteiger partial charge in [0.2, 0.25) is 5.91 Å². The minimum absolute atomic E-state index is 0. The first-order valence-electron chi connectivity index (χ1n) is 8.56. The van der Waals surface area contributed by atoms with Crippen LogP contribution >= 0.6 is 24.8 Å². The Balaban J connectivity index is 0.00000264. The lowest BCUT2D eigenvalue weighted by Gasteiger charge is -2.48. The third-order valence-electron chi connectivity index (χ3n) is 4.83. The highest BCUT2D eigenvalue weighted by molar-refractivity contribution is 5.85. The Morgan fingerprint density at radius 2 is 1.83 bits per heavy atom. The topological polar surface area (TPSA) is 62.8 Å². The van der Waals surface area contributed by atoms with Crippen LogP contribution in [0.15, 0.2) is 0 Å². The first-order chi connectivity index (χ1) is 10.8. The summed E-state index contributed by atoms with van der Waals surface area (Å²) >= 11 is 0. The number of halogens is 2. The Bertz CT molecular complexity index is 337. The lowest BCUT2D eigenvalue weighted by Crippen LogP contribution is -2.60. The van der Waals surface area contributed by atoms with Crippen molar-refractivity contribution in [3.8, 4) is 0 Å². The van der Waals surface area contributed by atoms with Crippen molar-refractivity contribution >= 4 is 30.7 Å². The van der Waals surface area contributed by atoms with Gasteiger partial charge < -0.3 is 20.1 Å². The average Bonchev–Trinajstić information content (AvgIpc) is 2.58. The molecule has 144 valence electrons. The number of methoxy groups -OCH3 is 1. The molecule has 0 aliphatic carbocycles. The summed E-state index contributed by atoms with van der Waals surface area (Å²) in [6.07, 6.45) is 5.91. The van der Waals surface area contributed by atoms with E-state index in [4.69, 9.17) is 9.47 Å². The Labute approximate surface area is 158 Å². The van der Waals surface area contributed by atoms with Crippen LogP contribution in [-0.2, 0) is 14.3 Å². The molecule has 0 aromatic rings. The summed E-state index contributed by atoms with van der Waals surface area (Å²) in [5.41, 5.74) is 0.0981. The van der Waals surface area contributed by atoms with E-state index in [-0.39, 0.29) is 36.3 Å². The molecule has 2 aliphatic heterocycles. The summed E-state index contributed by atoms with van der Waals surface area (Å²) in [7, 11) is 1.66. The Hall–Kier alpha value is -0.110. The van der Waals surface area contributed by atoms with Gasteiger partial charge in [-0.1, -0.05) is 6.42 Å². The van der Waals surface area contributed by atoms with Gasteiger partial charge in [0.15, 0.2) is 0 Å². The molecule has 6 nitrogen and oxygen atoms in total. The van der Waals surface area contributed by atoms with Gasteiger partial charge in [0.1, 0.15) is 0 Å². The van der Waals surface area contributed by atoms with E-state index in [1.165, 1.54) is 19.3 Å². The van der Waals surface area contributed by atoms with Crippen LogP contribution in [0.3, 0.4) is 0 Å². The number of piperidine rings is 1. The first-order valence-corrected chi connectivity index (χ1v) is 8.56. The van der Waals surface area contributed by atoms with Crippen LogP contribution in [0.25, 0.3) is 0 Å². The number of nitrogens with zero attached hydrogens (tertiary/aromatic N) is 1. The molecular formula is C16H33Cl2N3O3. The number of likely N-dealkylation sites (tertiary alicyclic amines) is 1. The van der Waals surface area contributed by atoms with E-state index >= 15 is 0 Å². The number of hydrogen-bond donors (Lipinski definition) is 2. The number of amides is 1. The predicted molar refractivity (Wildman–Crippen MR) is 100 cm³/mol. The normalized spacial score (nSPS) is 20.5. The van der Waals surface area contributed by atoms with Gasteiger partial charge in [-0.15, -0.1) is 24.8 Å². The highest BCUT2D eigenvalue weighted by atomic mass is 35.5. The van der Waals surface area contributed by atoms with E-state index in [2.05, 4.69) is 15.5 Å². The van der Waals surface area contributed by atoms with E-state index in [0.29, 0.717) is 19.7 Å². The van der Waals surface area contributed by atoms with Crippen molar-refractivity contribution in [2.24, 2.45) is 0 Å². The maximum Gasteiger partial charge on any atom is 0.234 e. The van der Waals surface area contributed by atoms with E-state index in [9.17, 15) is 4.79 Å². The maximum atomic E-state index is 12.0. The van der Waals surface area contributed by atoms with Crippen LogP contribution in [0.2, 0.25) is 0 Å². The zero-order chi connectivity index (χ0) is 15.7. The SMILES string of the molecule is COCCNCC(=O)NCC1(N2CCCCC2)CCOCC1.Cl.Cl. The highest BCUT2D eigenvalue weighted by Gasteiger charge is 2.39. The van der Waals surface area contributed by atoms with E-state index < -0.39 is 0 Å². The molecule has 0 saturated carbocycles. The average molecular weight is 386 g/mol.